The van der Waals surface area contributed by atoms with Crippen LogP contribution in [0.15, 0.2) is 40.3 Å². The molecule has 0 bridgehead atoms. The molecule has 2 aromatic rings. The van der Waals surface area contributed by atoms with E-state index in [-0.39, 0.29) is 11.6 Å². The second kappa shape index (κ2) is 7.91. The van der Waals surface area contributed by atoms with Crippen LogP contribution >= 0.6 is 11.8 Å². The third-order valence-electron chi connectivity index (χ3n) is 4.45. The zero-order chi connectivity index (χ0) is 17.8. The largest absolute Gasteiger partial charge is 0.344 e. The summed E-state index contributed by atoms with van der Waals surface area (Å²) in [5.74, 6) is 1.50. The molecule has 6 nitrogen and oxygen atoms in total. The molecule has 134 valence electrons. The molecule has 0 aliphatic carbocycles. The van der Waals surface area contributed by atoms with Gasteiger partial charge in [0.2, 0.25) is 5.91 Å². The molecule has 1 aromatic carbocycles. The highest BCUT2D eigenvalue weighted by Gasteiger charge is 2.25. The summed E-state index contributed by atoms with van der Waals surface area (Å²) < 4.78 is 1.58. The molecule has 1 fully saturated rings. The molecule has 0 radical (unpaired) electrons. The molecule has 1 aliphatic heterocycles. The fourth-order valence-electron chi connectivity index (χ4n) is 3.40. The van der Waals surface area contributed by atoms with Crippen molar-refractivity contribution in [1.82, 2.24) is 19.7 Å². The molecule has 7 heteroatoms. The number of thioether (sulfide) groups is 1. The first kappa shape index (κ1) is 17.8. The molecule has 1 N–H and O–H groups in total. The molecular formula is C18H24N4O2S. The van der Waals surface area contributed by atoms with Crippen LogP contribution in [0.25, 0.3) is 0 Å². The second-order valence-corrected chi connectivity index (χ2v) is 7.86. The Morgan fingerprint density at radius 2 is 1.92 bits per heavy atom. The van der Waals surface area contributed by atoms with Crippen LogP contribution in [0.3, 0.4) is 0 Å². The molecule has 25 heavy (non-hydrogen) atoms. The number of hydrogen-bond acceptors (Lipinski definition) is 4. The highest BCUT2D eigenvalue weighted by atomic mass is 32.2. The van der Waals surface area contributed by atoms with Crippen LogP contribution in [-0.4, -0.2) is 44.4 Å². The molecule has 1 aromatic heterocycles. The summed E-state index contributed by atoms with van der Waals surface area (Å²) >= 11 is 1.32. The maximum atomic E-state index is 12.5. The Labute approximate surface area is 151 Å². The number of amides is 1. The van der Waals surface area contributed by atoms with Gasteiger partial charge in [-0.1, -0.05) is 55.9 Å². The van der Waals surface area contributed by atoms with Crippen molar-refractivity contribution in [2.75, 3.05) is 18.8 Å². The van der Waals surface area contributed by atoms with E-state index in [2.05, 4.69) is 24.0 Å². The van der Waals surface area contributed by atoms with Gasteiger partial charge in [0.15, 0.2) is 5.16 Å². The van der Waals surface area contributed by atoms with Gasteiger partial charge in [-0.25, -0.2) is 9.89 Å². The Balaban J connectivity index is 1.64. The molecule has 0 spiro atoms. The van der Waals surface area contributed by atoms with Crippen molar-refractivity contribution >= 4 is 17.7 Å². The number of piperidine rings is 1. The third-order valence-corrected chi connectivity index (χ3v) is 5.41. The van der Waals surface area contributed by atoms with Gasteiger partial charge >= 0.3 is 5.69 Å². The zero-order valence-corrected chi connectivity index (χ0v) is 15.5. The van der Waals surface area contributed by atoms with Crippen LogP contribution < -0.4 is 5.69 Å². The van der Waals surface area contributed by atoms with E-state index in [1.807, 2.05) is 35.2 Å². The molecule has 1 saturated heterocycles. The lowest BCUT2D eigenvalue weighted by atomic mass is 9.92. The number of aromatic amines is 1. The molecular weight excluding hydrogens is 336 g/mol. The highest BCUT2D eigenvalue weighted by Crippen LogP contribution is 2.22. The van der Waals surface area contributed by atoms with Crippen molar-refractivity contribution in [1.29, 1.82) is 0 Å². The van der Waals surface area contributed by atoms with Gasteiger partial charge in [0.1, 0.15) is 0 Å². The second-order valence-electron chi connectivity index (χ2n) is 6.92. The lowest BCUT2D eigenvalue weighted by Crippen LogP contribution is -2.43. The first-order valence-electron chi connectivity index (χ1n) is 8.62. The Kier molecular flexibility index (Phi) is 5.63. The average molecular weight is 360 g/mol. The van der Waals surface area contributed by atoms with E-state index >= 15 is 0 Å². The van der Waals surface area contributed by atoms with Crippen LogP contribution in [0, 0.1) is 11.8 Å². The van der Waals surface area contributed by atoms with Gasteiger partial charge in [0.05, 0.1) is 12.3 Å². The van der Waals surface area contributed by atoms with Crippen molar-refractivity contribution in [2.24, 2.45) is 11.8 Å². The molecule has 3 rings (SSSR count). The van der Waals surface area contributed by atoms with Crippen LogP contribution in [0.4, 0.5) is 0 Å². The summed E-state index contributed by atoms with van der Waals surface area (Å²) in [4.78, 5) is 26.5. The number of H-pyrrole nitrogens is 1. The predicted octanol–water partition coefficient (Wildman–Crippen LogP) is 2.22. The van der Waals surface area contributed by atoms with E-state index in [1.54, 1.807) is 4.57 Å². The first-order chi connectivity index (χ1) is 12.0. The van der Waals surface area contributed by atoms with E-state index in [9.17, 15) is 9.59 Å². The SMILES string of the molecule is C[C@@H]1C[C@H](C)CN(C(=O)CSc2n[nH]c(=O)n2Cc2ccccc2)C1. The number of carbonyl (C=O) groups is 1. The van der Waals surface area contributed by atoms with E-state index in [1.165, 1.54) is 18.2 Å². The first-order valence-corrected chi connectivity index (χ1v) is 9.61. The fraction of sp³-hybridized carbons (Fsp3) is 0.500. The van der Waals surface area contributed by atoms with E-state index in [4.69, 9.17) is 0 Å². The van der Waals surface area contributed by atoms with Crippen LogP contribution in [0.1, 0.15) is 25.8 Å². The third kappa shape index (κ3) is 4.54. The van der Waals surface area contributed by atoms with E-state index in [0.717, 1.165) is 18.7 Å². The standard InChI is InChI=1S/C18H24N4O2S/c1-13-8-14(2)10-21(9-13)16(23)12-25-18-20-19-17(24)22(18)11-15-6-4-3-5-7-15/h3-7,13-14H,8-12H2,1-2H3,(H,19,24)/t13-,14+. The Bertz CT molecular complexity index is 761. The molecule has 0 unspecified atom stereocenters. The lowest BCUT2D eigenvalue weighted by Gasteiger charge is -2.34. The minimum atomic E-state index is -0.251. The maximum absolute atomic E-state index is 12.5. The molecule has 0 saturated carbocycles. The summed E-state index contributed by atoms with van der Waals surface area (Å²) in [5, 5.41) is 7.12. The van der Waals surface area contributed by atoms with Gasteiger partial charge in [0, 0.05) is 13.1 Å². The van der Waals surface area contributed by atoms with Gasteiger partial charge < -0.3 is 4.90 Å². The van der Waals surface area contributed by atoms with Crippen LogP contribution in [0.2, 0.25) is 0 Å². The fourth-order valence-corrected chi connectivity index (χ4v) is 4.25. The van der Waals surface area contributed by atoms with Crippen molar-refractivity contribution in [2.45, 2.75) is 32.0 Å². The summed E-state index contributed by atoms with van der Waals surface area (Å²) in [6, 6.07) is 9.76. The van der Waals surface area contributed by atoms with Crippen molar-refractivity contribution in [3.05, 3.63) is 46.4 Å². The summed E-state index contributed by atoms with van der Waals surface area (Å²) in [6.45, 7) is 6.47. The summed E-state index contributed by atoms with van der Waals surface area (Å²) in [6.07, 6.45) is 1.17. The van der Waals surface area contributed by atoms with Crippen molar-refractivity contribution in [3.8, 4) is 0 Å². The van der Waals surface area contributed by atoms with E-state index < -0.39 is 0 Å². The Hall–Kier alpha value is -2.02. The highest BCUT2D eigenvalue weighted by molar-refractivity contribution is 7.99. The number of likely N-dealkylation sites (tertiary alicyclic amines) is 1. The number of benzene rings is 1. The normalized spacial score (nSPS) is 20.6. The topological polar surface area (TPSA) is 71.0 Å². The number of nitrogens with one attached hydrogen (secondary N) is 1. The van der Waals surface area contributed by atoms with Gasteiger partial charge in [-0.2, -0.15) is 0 Å². The quantitative estimate of drug-likeness (QED) is 0.830. The molecule has 1 amide bonds. The maximum Gasteiger partial charge on any atom is 0.344 e. The zero-order valence-electron chi connectivity index (χ0n) is 14.6. The van der Waals surface area contributed by atoms with Gasteiger partial charge in [-0.05, 0) is 23.8 Å². The smallest absolute Gasteiger partial charge is 0.341 e. The van der Waals surface area contributed by atoms with Crippen LogP contribution in [-0.2, 0) is 11.3 Å². The monoisotopic (exact) mass is 360 g/mol. The Morgan fingerprint density at radius 3 is 2.60 bits per heavy atom. The average Bonchev–Trinajstić information content (AvgIpc) is 2.93. The lowest BCUT2D eigenvalue weighted by molar-refractivity contribution is -0.130. The predicted molar refractivity (Wildman–Crippen MR) is 98.6 cm³/mol. The summed E-state index contributed by atoms with van der Waals surface area (Å²) in [5.41, 5.74) is 0.775. The summed E-state index contributed by atoms with van der Waals surface area (Å²) in [7, 11) is 0. The number of rotatable bonds is 5. The number of nitrogens with zero attached hydrogens (tertiary/aromatic N) is 3. The van der Waals surface area contributed by atoms with Gasteiger partial charge in [0.25, 0.3) is 0 Å². The molecule has 2 heterocycles. The van der Waals surface area contributed by atoms with E-state index in [0.29, 0.717) is 29.3 Å². The van der Waals surface area contributed by atoms with Crippen LogP contribution in [0.5, 0.6) is 0 Å². The van der Waals surface area contributed by atoms with Crippen molar-refractivity contribution in [3.63, 3.8) is 0 Å². The minimum Gasteiger partial charge on any atom is -0.341 e. The minimum absolute atomic E-state index is 0.116. The number of aromatic nitrogens is 3. The van der Waals surface area contributed by atoms with Gasteiger partial charge in [-0.15, -0.1) is 5.10 Å². The molecule has 1 aliphatic rings. The van der Waals surface area contributed by atoms with Crippen molar-refractivity contribution < 1.29 is 4.79 Å². The molecule has 2 atom stereocenters. The number of hydrogen-bond donors (Lipinski definition) is 1. The number of carbonyl (C=O) groups excluding carboxylic acids is 1. The Morgan fingerprint density at radius 1 is 1.24 bits per heavy atom. The van der Waals surface area contributed by atoms with Gasteiger partial charge in [-0.3, -0.25) is 9.36 Å².